The summed E-state index contributed by atoms with van der Waals surface area (Å²) in [4.78, 5) is 56.6. The smallest absolute Gasteiger partial charge is 0.328 e. The highest BCUT2D eigenvalue weighted by atomic mass is 19.1. The van der Waals surface area contributed by atoms with Crippen molar-refractivity contribution in [3.8, 4) is 0 Å². The van der Waals surface area contributed by atoms with Gasteiger partial charge in [-0.3, -0.25) is 14.4 Å². The monoisotopic (exact) mass is 562 g/mol. The van der Waals surface area contributed by atoms with Crippen LogP contribution in [0.4, 0.5) is 10.1 Å². The maximum atomic E-state index is 15.0. The van der Waals surface area contributed by atoms with Crippen molar-refractivity contribution in [3.05, 3.63) is 81.7 Å². The molecule has 3 aromatic carbocycles. The van der Waals surface area contributed by atoms with Gasteiger partial charge in [0.15, 0.2) is 0 Å². The van der Waals surface area contributed by atoms with Crippen LogP contribution in [-0.2, 0) is 25.6 Å². The van der Waals surface area contributed by atoms with E-state index in [2.05, 4.69) is 20.6 Å². The zero-order valence-corrected chi connectivity index (χ0v) is 23.0. The lowest BCUT2D eigenvalue weighted by molar-refractivity contribution is -0.146. The molecule has 0 radical (unpaired) electrons. The van der Waals surface area contributed by atoms with E-state index in [0.29, 0.717) is 29.0 Å². The summed E-state index contributed by atoms with van der Waals surface area (Å²) in [6.45, 7) is 5.60. The van der Waals surface area contributed by atoms with Gasteiger partial charge < -0.3 is 25.1 Å². The quantitative estimate of drug-likeness (QED) is 0.183. The number of hydrogen-bond acceptors (Lipinski definition) is 8. The predicted molar refractivity (Wildman–Crippen MR) is 152 cm³/mol. The predicted octanol–water partition coefficient (Wildman–Crippen LogP) is 4.14. The van der Waals surface area contributed by atoms with Crippen molar-refractivity contribution < 1.29 is 28.2 Å². The number of rotatable bonds is 11. The van der Waals surface area contributed by atoms with Crippen molar-refractivity contribution in [2.24, 2.45) is 0 Å². The summed E-state index contributed by atoms with van der Waals surface area (Å²) >= 11 is 0. The van der Waals surface area contributed by atoms with Crippen molar-refractivity contribution in [3.63, 3.8) is 0 Å². The summed E-state index contributed by atoms with van der Waals surface area (Å²) in [6.07, 6.45) is -0.161. The average Bonchev–Trinajstić information content (AvgIpc) is 2.93. The van der Waals surface area contributed by atoms with Gasteiger partial charge in [-0.1, -0.05) is 18.2 Å². The van der Waals surface area contributed by atoms with Crippen LogP contribution in [0.1, 0.15) is 48.4 Å². The topological polar surface area (TPSA) is 139 Å². The van der Waals surface area contributed by atoms with E-state index >= 15 is 0 Å². The number of nitrogens with one attached hydrogen (secondary N) is 3. The zero-order valence-electron chi connectivity index (χ0n) is 23.0. The van der Waals surface area contributed by atoms with E-state index in [1.54, 1.807) is 26.8 Å². The molecule has 11 heteroatoms. The second-order valence-electron chi connectivity index (χ2n) is 9.34. The number of nitrogens with zero attached hydrogens (tertiary/aromatic N) is 1. The van der Waals surface area contributed by atoms with Gasteiger partial charge in [0.1, 0.15) is 17.7 Å². The maximum Gasteiger partial charge on any atom is 0.328 e. The van der Waals surface area contributed by atoms with Crippen LogP contribution in [0.25, 0.3) is 21.7 Å². The first-order valence-corrected chi connectivity index (χ1v) is 13.3. The molecule has 0 aliphatic carbocycles. The molecule has 0 aliphatic rings. The molecule has 0 saturated heterocycles. The van der Waals surface area contributed by atoms with E-state index in [9.17, 15) is 23.6 Å². The largest absolute Gasteiger partial charge is 0.466 e. The Morgan fingerprint density at radius 3 is 2.51 bits per heavy atom. The van der Waals surface area contributed by atoms with Crippen molar-refractivity contribution in [1.82, 2.24) is 15.3 Å². The standard InChI is InChI=1S/C30H31FN4O6/c1-4-40-26(36)13-12-25(30(39)41-5-2)35-28(37)21-10-9-20(15-23(21)31)32-16-18-6-7-19-8-11-24-27(22(19)14-18)29(38)34-17(3)33-24/h6-11,14-15,25,32H,4-5,12-13,16H2,1-3H3,(H,35,37)(H,33,34,38)/t25-/m0/s1. The highest BCUT2D eigenvalue weighted by molar-refractivity contribution is 6.05. The average molecular weight is 563 g/mol. The van der Waals surface area contributed by atoms with Crippen LogP contribution in [0.5, 0.6) is 0 Å². The molecule has 0 saturated carbocycles. The fourth-order valence-electron chi connectivity index (χ4n) is 4.47. The van der Waals surface area contributed by atoms with Crippen LogP contribution >= 0.6 is 0 Å². The Hall–Kier alpha value is -4.80. The Morgan fingerprint density at radius 1 is 1.02 bits per heavy atom. The SMILES string of the molecule is CCOC(=O)CC[C@H](NC(=O)c1ccc(NCc2ccc3ccc4nc(C)[nH]c(=O)c4c3c2)cc1F)C(=O)OCC. The summed E-state index contributed by atoms with van der Waals surface area (Å²) in [5.41, 5.74) is 1.40. The summed E-state index contributed by atoms with van der Waals surface area (Å²) < 4.78 is 24.8. The van der Waals surface area contributed by atoms with E-state index in [0.717, 1.165) is 16.3 Å². The van der Waals surface area contributed by atoms with Gasteiger partial charge in [-0.05, 0) is 73.9 Å². The Labute approximate surface area is 235 Å². The minimum absolute atomic E-state index is 0.0484. The van der Waals surface area contributed by atoms with Gasteiger partial charge in [-0.25, -0.2) is 14.2 Å². The molecule has 0 bridgehead atoms. The molecule has 0 unspecified atom stereocenters. The molecule has 1 heterocycles. The molecular weight excluding hydrogens is 531 g/mol. The molecule has 4 rings (SSSR count). The third-order valence-electron chi connectivity index (χ3n) is 6.40. The molecular formula is C30H31FN4O6. The van der Waals surface area contributed by atoms with E-state index in [1.165, 1.54) is 12.1 Å². The second-order valence-corrected chi connectivity index (χ2v) is 9.34. The number of aromatic amines is 1. The van der Waals surface area contributed by atoms with E-state index in [1.807, 2.05) is 30.3 Å². The van der Waals surface area contributed by atoms with Gasteiger partial charge in [0.2, 0.25) is 0 Å². The highest BCUT2D eigenvalue weighted by Gasteiger charge is 2.25. The third kappa shape index (κ3) is 7.05. The Balaban J connectivity index is 1.46. The summed E-state index contributed by atoms with van der Waals surface area (Å²) in [6, 6.07) is 12.3. The second kappa shape index (κ2) is 13.0. The van der Waals surface area contributed by atoms with Gasteiger partial charge in [-0.2, -0.15) is 0 Å². The number of anilines is 1. The minimum Gasteiger partial charge on any atom is -0.466 e. The third-order valence-corrected chi connectivity index (χ3v) is 6.40. The van der Waals surface area contributed by atoms with Crippen LogP contribution in [0.2, 0.25) is 0 Å². The fourth-order valence-corrected chi connectivity index (χ4v) is 4.47. The summed E-state index contributed by atoms with van der Waals surface area (Å²) in [5.74, 6) is -2.31. The van der Waals surface area contributed by atoms with Gasteiger partial charge >= 0.3 is 11.9 Å². The van der Waals surface area contributed by atoms with Gasteiger partial charge in [0, 0.05) is 18.7 Å². The Kier molecular flexibility index (Phi) is 9.28. The molecule has 10 nitrogen and oxygen atoms in total. The number of aryl methyl sites for hydroxylation is 1. The van der Waals surface area contributed by atoms with Crippen molar-refractivity contribution in [2.75, 3.05) is 18.5 Å². The van der Waals surface area contributed by atoms with E-state index in [4.69, 9.17) is 9.47 Å². The van der Waals surface area contributed by atoms with Gasteiger partial charge in [0.25, 0.3) is 11.5 Å². The summed E-state index contributed by atoms with van der Waals surface area (Å²) in [7, 11) is 0. The number of H-pyrrole nitrogens is 1. The van der Waals surface area contributed by atoms with Crippen LogP contribution in [0.15, 0.2) is 53.3 Å². The number of carbonyl (C=O) groups excluding carboxylic acids is 3. The zero-order chi connectivity index (χ0) is 29.5. The lowest BCUT2D eigenvalue weighted by atomic mass is 10.0. The number of benzene rings is 3. The van der Waals surface area contributed by atoms with E-state index < -0.39 is 29.7 Å². The van der Waals surface area contributed by atoms with E-state index in [-0.39, 0.29) is 37.2 Å². The first-order valence-electron chi connectivity index (χ1n) is 13.3. The first-order chi connectivity index (χ1) is 19.7. The molecule has 3 N–H and O–H groups in total. The van der Waals surface area contributed by atoms with Crippen molar-refractivity contribution in [1.29, 1.82) is 0 Å². The van der Waals surface area contributed by atoms with Crippen molar-refractivity contribution >= 4 is 45.2 Å². The fraction of sp³-hybridized carbons (Fsp3) is 0.300. The van der Waals surface area contributed by atoms with Crippen LogP contribution in [0, 0.1) is 12.7 Å². The first kappa shape index (κ1) is 29.2. The molecule has 41 heavy (non-hydrogen) atoms. The van der Waals surface area contributed by atoms with Crippen molar-refractivity contribution in [2.45, 2.75) is 46.2 Å². The molecule has 1 amide bonds. The number of amides is 1. The van der Waals surface area contributed by atoms with Gasteiger partial charge in [-0.15, -0.1) is 0 Å². The highest BCUT2D eigenvalue weighted by Crippen LogP contribution is 2.24. The number of fused-ring (bicyclic) bond motifs is 3. The molecule has 0 spiro atoms. The number of esters is 2. The Bertz CT molecular complexity index is 1670. The normalized spacial score (nSPS) is 11.7. The van der Waals surface area contributed by atoms with Crippen LogP contribution in [0.3, 0.4) is 0 Å². The number of carbonyl (C=O) groups is 3. The maximum absolute atomic E-state index is 15.0. The number of hydrogen-bond donors (Lipinski definition) is 3. The number of ether oxygens (including phenoxy) is 2. The Morgan fingerprint density at radius 2 is 1.78 bits per heavy atom. The lowest BCUT2D eigenvalue weighted by Gasteiger charge is -2.17. The molecule has 4 aromatic rings. The molecule has 0 fully saturated rings. The molecule has 0 aliphatic heterocycles. The van der Waals surface area contributed by atoms with Gasteiger partial charge in [0.05, 0.1) is 29.7 Å². The van der Waals surface area contributed by atoms with Crippen LogP contribution in [-0.4, -0.2) is 47.1 Å². The number of halogens is 1. The molecule has 214 valence electrons. The minimum atomic E-state index is -1.14. The molecule has 1 atom stereocenters. The lowest BCUT2D eigenvalue weighted by Crippen LogP contribution is -2.42. The van der Waals surface area contributed by atoms with Crippen LogP contribution < -0.4 is 16.2 Å². The summed E-state index contributed by atoms with van der Waals surface area (Å²) in [5, 5.41) is 7.73. The number of aromatic nitrogens is 2. The molecule has 1 aromatic heterocycles.